The van der Waals surface area contributed by atoms with Gasteiger partial charge in [-0.15, -0.1) is 0 Å². The van der Waals surface area contributed by atoms with Gasteiger partial charge in [-0.1, -0.05) is 37.6 Å². The number of carbonyl (C=O) groups excluding carboxylic acids is 2. The number of rotatable bonds is 9. The molecule has 0 aliphatic rings. The van der Waals surface area contributed by atoms with Crippen LogP contribution in [0.25, 0.3) is 0 Å². The van der Waals surface area contributed by atoms with E-state index in [9.17, 15) is 9.59 Å². The molecule has 7 nitrogen and oxygen atoms in total. The van der Waals surface area contributed by atoms with Gasteiger partial charge in [0.25, 0.3) is 11.8 Å². The summed E-state index contributed by atoms with van der Waals surface area (Å²) in [5.74, 6) is 0.905. The molecule has 0 saturated heterocycles. The van der Waals surface area contributed by atoms with Crippen molar-refractivity contribution in [1.29, 1.82) is 0 Å². The zero-order chi connectivity index (χ0) is 26.1. The molecule has 1 atom stereocenters. The lowest BCUT2D eigenvalue weighted by atomic mass is 10.2. The highest BCUT2D eigenvalue weighted by Gasteiger charge is 2.16. The molecule has 0 saturated carbocycles. The molecule has 0 radical (unpaired) electrons. The third-order valence-corrected chi connectivity index (χ3v) is 5.36. The van der Waals surface area contributed by atoms with Gasteiger partial charge in [-0.25, -0.2) is 0 Å². The zero-order valence-electron chi connectivity index (χ0n) is 20.2. The van der Waals surface area contributed by atoms with E-state index in [4.69, 9.17) is 33.3 Å². The van der Waals surface area contributed by atoms with Crippen molar-refractivity contribution >= 4 is 52.1 Å². The molecular weight excluding hydrogens is 498 g/mol. The Labute approximate surface area is 221 Å². The maximum absolute atomic E-state index is 12.5. The highest BCUT2D eigenvalue weighted by molar-refractivity contribution is 7.80. The Morgan fingerprint density at radius 3 is 2.11 bits per heavy atom. The molecule has 0 spiro atoms. The Hall–Kier alpha value is -3.62. The van der Waals surface area contributed by atoms with Crippen LogP contribution in [0.2, 0.25) is 5.02 Å². The van der Waals surface area contributed by atoms with E-state index in [1.807, 2.05) is 0 Å². The second-order valence-corrected chi connectivity index (χ2v) is 9.21. The summed E-state index contributed by atoms with van der Waals surface area (Å²) in [5, 5.41) is 8.97. The zero-order valence-corrected chi connectivity index (χ0v) is 21.8. The molecule has 0 aliphatic heterocycles. The van der Waals surface area contributed by atoms with E-state index in [1.54, 1.807) is 79.7 Å². The minimum absolute atomic E-state index is 0.152. The first-order valence-electron chi connectivity index (χ1n) is 11.4. The first-order chi connectivity index (χ1) is 17.2. The van der Waals surface area contributed by atoms with Gasteiger partial charge in [0.1, 0.15) is 11.5 Å². The second-order valence-electron chi connectivity index (χ2n) is 8.39. The van der Waals surface area contributed by atoms with Crippen LogP contribution >= 0.6 is 23.8 Å². The lowest BCUT2D eigenvalue weighted by Crippen LogP contribution is -2.34. The lowest BCUT2D eigenvalue weighted by Gasteiger charge is -2.16. The van der Waals surface area contributed by atoms with Crippen LogP contribution in [0, 0.1) is 5.92 Å². The Bertz CT molecular complexity index is 1200. The minimum Gasteiger partial charge on any atom is -0.493 e. The van der Waals surface area contributed by atoms with Crippen molar-refractivity contribution in [2.75, 3.05) is 17.2 Å². The number of halogens is 1. The van der Waals surface area contributed by atoms with E-state index in [-0.39, 0.29) is 16.9 Å². The molecular formula is C27H28ClN3O4S. The quantitative estimate of drug-likeness (QED) is 0.301. The Kier molecular flexibility index (Phi) is 9.67. The predicted octanol–water partition coefficient (Wildman–Crippen LogP) is 5.91. The van der Waals surface area contributed by atoms with Gasteiger partial charge in [0.05, 0.1) is 11.6 Å². The number of benzene rings is 3. The first kappa shape index (κ1) is 27.0. The van der Waals surface area contributed by atoms with E-state index >= 15 is 0 Å². The van der Waals surface area contributed by atoms with Crippen LogP contribution < -0.4 is 25.4 Å². The van der Waals surface area contributed by atoms with Crippen molar-refractivity contribution in [3.8, 4) is 11.5 Å². The molecule has 0 aromatic heterocycles. The van der Waals surface area contributed by atoms with Crippen molar-refractivity contribution in [2.45, 2.75) is 26.9 Å². The third kappa shape index (κ3) is 8.25. The summed E-state index contributed by atoms with van der Waals surface area (Å²) in [6.07, 6.45) is -0.749. The molecule has 3 aromatic carbocycles. The topological polar surface area (TPSA) is 88.7 Å². The molecule has 3 rings (SSSR count). The summed E-state index contributed by atoms with van der Waals surface area (Å²) < 4.78 is 11.3. The van der Waals surface area contributed by atoms with Crippen LogP contribution in [0.5, 0.6) is 11.5 Å². The predicted molar refractivity (Wildman–Crippen MR) is 147 cm³/mol. The van der Waals surface area contributed by atoms with Gasteiger partial charge in [0.2, 0.25) is 0 Å². The van der Waals surface area contributed by atoms with Crippen LogP contribution in [0.1, 0.15) is 31.1 Å². The molecule has 0 aliphatic carbocycles. The van der Waals surface area contributed by atoms with Crippen molar-refractivity contribution in [1.82, 2.24) is 5.32 Å². The van der Waals surface area contributed by atoms with Gasteiger partial charge in [-0.3, -0.25) is 14.9 Å². The summed E-state index contributed by atoms with van der Waals surface area (Å²) in [7, 11) is 0. The Morgan fingerprint density at radius 1 is 0.889 bits per heavy atom. The van der Waals surface area contributed by atoms with Crippen LogP contribution in [-0.4, -0.2) is 29.6 Å². The van der Waals surface area contributed by atoms with Crippen LogP contribution in [0.15, 0.2) is 72.8 Å². The highest BCUT2D eigenvalue weighted by Crippen LogP contribution is 2.24. The van der Waals surface area contributed by atoms with Crippen LogP contribution in [0.3, 0.4) is 0 Å². The van der Waals surface area contributed by atoms with Crippen LogP contribution in [0.4, 0.5) is 11.4 Å². The number of para-hydroxylation sites is 1. The Morgan fingerprint density at radius 2 is 1.50 bits per heavy atom. The molecule has 1 unspecified atom stereocenters. The van der Waals surface area contributed by atoms with Gasteiger partial charge in [0.15, 0.2) is 11.2 Å². The molecule has 2 amide bonds. The lowest BCUT2D eigenvalue weighted by molar-refractivity contribution is -0.122. The standard InChI is InChI=1S/C27H28ClN3O4S/c1-17(2)16-34-22-14-8-19(9-15-22)26(33)31-27(36)30-21-12-10-20(11-13-21)29-25(32)18(3)35-24-7-5-4-6-23(24)28/h4-15,17-18H,16H2,1-3H3,(H,29,32)(H2,30,31,33,36). The molecule has 36 heavy (non-hydrogen) atoms. The maximum atomic E-state index is 12.5. The van der Waals surface area contributed by atoms with E-state index in [2.05, 4.69) is 29.8 Å². The number of nitrogens with one attached hydrogen (secondary N) is 3. The molecule has 9 heteroatoms. The molecule has 0 fully saturated rings. The van der Waals surface area contributed by atoms with E-state index in [0.717, 1.165) is 0 Å². The Balaban J connectivity index is 1.48. The third-order valence-electron chi connectivity index (χ3n) is 4.85. The van der Waals surface area contributed by atoms with Crippen molar-refractivity contribution in [2.24, 2.45) is 5.92 Å². The van der Waals surface area contributed by atoms with Gasteiger partial charge in [-0.2, -0.15) is 0 Å². The normalized spacial score (nSPS) is 11.4. The van der Waals surface area contributed by atoms with Crippen LogP contribution in [-0.2, 0) is 4.79 Å². The smallest absolute Gasteiger partial charge is 0.265 e. The second kappa shape index (κ2) is 12.9. The largest absolute Gasteiger partial charge is 0.493 e. The van der Waals surface area contributed by atoms with E-state index < -0.39 is 6.10 Å². The minimum atomic E-state index is -0.749. The fraction of sp³-hybridized carbons (Fsp3) is 0.222. The first-order valence-corrected chi connectivity index (χ1v) is 12.2. The van der Waals surface area contributed by atoms with Crippen molar-refractivity contribution < 1.29 is 19.1 Å². The summed E-state index contributed by atoms with van der Waals surface area (Å²) in [6, 6.07) is 20.7. The van der Waals surface area contributed by atoms with Crippen molar-refractivity contribution in [3.63, 3.8) is 0 Å². The molecule has 188 valence electrons. The van der Waals surface area contributed by atoms with Crippen molar-refractivity contribution in [3.05, 3.63) is 83.4 Å². The molecule has 3 aromatic rings. The van der Waals surface area contributed by atoms with E-state index in [0.29, 0.717) is 46.0 Å². The number of anilines is 2. The number of amides is 2. The fourth-order valence-corrected chi connectivity index (χ4v) is 3.36. The summed E-state index contributed by atoms with van der Waals surface area (Å²) in [6.45, 7) is 6.39. The number of ether oxygens (including phenoxy) is 2. The fourth-order valence-electron chi connectivity index (χ4n) is 2.97. The average Bonchev–Trinajstić information content (AvgIpc) is 2.85. The van der Waals surface area contributed by atoms with Gasteiger partial charge in [0, 0.05) is 16.9 Å². The number of hydrogen-bond donors (Lipinski definition) is 3. The summed E-state index contributed by atoms with van der Waals surface area (Å²) in [4.78, 5) is 24.9. The van der Waals surface area contributed by atoms with Gasteiger partial charge < -0.3 is 20.1 Å². The number of carbonyl (C=O) groups is 2. The summed E-state index contributed by atoms with van der Waals surface area (Å²) >= 11 is 11.3. The number of thiocarbonyl (C=S) groups is 1. The van der Waals surface area contributed by atoms with E-state index in [1.165, 1.54) is 0 Å². The molecule has 0 bridgehead atoms. The van der Waals surface area contributed by atoms with Gasteiger partial charge >= 0.3 is 0 Å². The van der Waals surface area contributed by atoms with Gasteiger partial charge in [-0.05, 0) is 85.7 Å². The SMILES string of the molecule is CC(C)COc1ccc(C(=O)NC(=S)Nc2ccc(NC(=O)C(C)Oc3ccccc3Cl)cc2)cc1. The average molecular weight is 526 g/mol. The summed E-state index contributed by atoms with van der Waals surface area (Å²) in [5.41, 5.74) is 1.69. The molecule has 0 heterocycles. The maximum Gasteiger partial charge on any atom is 0.265 e. The highest BCUT2D eigenvalue weighted by atomic mass is 35.5. The molecule has 3 N–H and O–H groups in total. The number of hydrogen-bond acceptors (Lipinski definition) is 5. The monoisotopic (exact) mass is 525 g/mol.